The number of halogens is 5. The van der Waals surface area contributed by atoms with E-state index in [-0.39, 0.29) is 4.90 Å². The van der Waals surface area contributed by atoms with E-state index in [0.29, 0.717) is 5.75 Å². The van der Waals surface area contributed by atoms with E-state index in [1.807, 2.05) is 0 Å². The van der Waals surface area contributed by atoms with Gasteiger partial charge in [0, 0.05) is 6.54 Å². The molecule has 7 nitrogen and oxygen atoms in total. The molecule has 0 radical (unpaired) electrons. The first kappa shape index (κ1) is 21.3. The van der Waals surface area contributed by atoms with Gasteiger partial charge in [-0.25, -0.2) is 18.1 Å². The van der Waals surface area contributed by atoms with Crippen LogP contribution in [0.1, 0.15) is 16.9 Å². The molecule has 0 saturated heterocycles. The van der Waals surface area contributed by atoms with Gasteiger partial charge in [-0.05, 0) is 35.9 Å². The summed E-state index contributed by atoms with van der Waals surface area (Å²) in [7, 11) is -2.88. The number of methoxy groups -OCH3 is 1. The van der Waals surface area contributed by atoms with E-state index < -0.39 is 51.2 Å². The fourth-order valence-corrected chi connectivity index (χ4v) is 3.51. The Hall–Kier alpha value is -1.98. The molecule has 2 aromatic rings. The van der Waals surface area contributed by atoms with Crippen molar-refractivity contribution in [3.63, 3.8) is 0 Å². The van der Waals surface area contributed by atoms with Gasteiger partial charge in [-0.1, -0.05) is 11.6 Å². The van der Waals surface area contributed by atoms with Crippen LogP contribution in [-0.2, 0) is 16.6 Å². The average Bonchev–Trinajstić information content (AvgIpc) is 2.86. The largest absolute Gasteiger partial charge is 0.497 e. The predicted molar refractivity (Wildman–Crippen MR) is 90.6 cm³/mol. The standard InChI is InChI=1S/C14H12Cl2F3N3O4S/c1-26-8-2-4-9(5-3-8)27(24,25)21-12(23)10-11(15)22(13(16)20-10)7-6-14(17,18)19/h2-5H,6-7H2,1H3,(H,21,23). The number of hydrogen-bond donors (Lipinski definition) is 1. The molecule has 0 bridgehead atoms. The van der Waals surface area contributed by atoms with Crippen LogP contribution < -0.4 is 9.46 Å². The molecule has 1 aromatic carbocycles. The number of nitrogens with one attached hydrogen (secondary N) is 1. The highest BCUT2D eigenvalue weighted by Crippen LogP contribution is 2.26. The Balaban J connectivity index is 2.22. The fraction of sp³-hybridized carbons (Fsp3) is 0.286. The Morgan fingerprint density at radius 3 is 2.37 bits per heavy atom. The summed E-state index contributed by atoms with van der Waals surface area (Å²) in [6, 6.07) is 5.14. The number of sulfonamides is 1. The molecular formula is C14H12Cl2F3N3O4S. The first-order valence-electron chi connectivity index (χ1n) is 7.14. The molecule has 0 fully saturated rings. The van der Waals surface area contributed by atoms with Gasteiger partial charge < -0.3 is 9.30 Å². The summed E-state index contributed by atoms with van der Waals surface area (Å²) in [5.74, 6) is -0.831. The van der Waals surface area contributed by atoms with Crippen LogP contribution in [0, 0.1) is 0 Å². The number of rotatable bonds is 6. The number of nitrogens with zero attached hydrogens (tertiary/aromatic N) is 2. The second-order valence-electron chi connectivity index (χ2n) is 5.15. The molecule has 1 amide bonds. The minimum atomic E-state index is -4.48. The van der Waals surface area contributed by atoms with E-state index in [2.05, 4.69) is 4.98 Å². The van der Waals surface area contributed by atoms with Crippen LogP contribution in [0.5, 0.6) is 5.75 Å². The quantitative estimate of drug-likeness (QED) is 0.736. The molecular weight excluding hydrogens is 434 g/mol. The number of hydrogen-bond acceptors (Lipinski definition) is 5. The molecule has 13 heteroatoms. The number of carbonyl (C=O) groups excluding carboxylic acids is 1. The van der Waals surface area contributed by atoms with Crippen LogP contribution >= 0.6 is 23.2 Å². The number of imidazole rings is 1. The van der Waals surface area contributed by atoms with Crippen LogP contribution in [0.3, 0.4) is 0 Å². The highest BCUT2D eigenvalue weighted by molar-refractivity contribution is 7.90. The van der Waals surface area contributed by atoms with Crippen molar-refractivity contribution < 1.29 is 31.1 Å². The molecule has 148 valence electrons. The lowest BCUT2D eigenvalue weighted by Gasteiger charge is -2.09. The van der Waals surface area contributed by atoms with Gasteiger partial charge in [0.15, 0.2) is 5.69 Å². The summed E-state index contributed by atoms with van der Waals surface area (Å²) in [6.45, 7) is -0.674. The minimum Gasteiger partial charge on any atom is -0.497 e. The Morgan fingerprint density at radius 1 is 1.26 bits per heavy atom. The van der Waals surface area contributed by atoms with Crippen molar-refractivity contribution in [3.05, 3.63) is 40.4 Å². The van der Waals surface area contributed by atoms with E-state index in [4.69, 9.17) is 27.9 Å². The summed E-state index contributed by atoms with van der Waals surface area (Å²) >= 11 is 11.5. The van der Waals surface area contributed by atoms with Crippen molar-refractivity contribution in [2.75, 3.05) is 7.11 Å². The van der Waals surface area contributed by atoms with Gasteiger partial charge in [-0.2, -0.15) is 13.2 Å². The molecule has 0 aliphatic heterocycles. The zero-order valence-corrected chi connectivity index (χ0v) is 15.9. The lowest BCUT2D eigenvalue weighted by Crippen LogP contribution is -2.31. The van der Waals surface area contributed by atoms with Crippen molar-refractivity contribution in [1.82, 2.24) is 14.3 Å². The number of benzene rings is 1. The van der Waals surface area contributed by atoms with E-state index in [0.717, 1.165) is 4.57 Å². The average molecular weight is 446 g/mol. The van der Waals surface area contributed by atoms with Gasteiger partial charge in [0.1, 0.15) is 10.9 Å². The topological polar surface area (TPSA) is 90.3 Å². The Morgan fingerprint density at radius 2 is 1.85 bits per heavy atom. The van der Waals surface area contributed by atoms with Gasteiger partial charge in [-0.3, -0.25) is 4.79 Å². The van der Waals surface area contributed by atoms with Crippen LogP contribution in [-0.4, -0.2) is 37.2 Å². The summed E-state index contributed by atoms with van der Waals surface area (Å²) < 4.78 is 68.9. The summed E-state index contributed by atoms with van der Waals surface area (Å²) in [5.41, 5.74) is -0.610. The van der Waals surface area contributed by atoms with Crippen molar-refractivity contribution >= 4 is 39.1 Å². The molecule has 0 aliphatic carbocycles. The first-order chi connectivity index (χ1) is 12.4. The SMILES string of the molecule is COc1ccc(S(=O)(=O)NC(=O)c2nc(Cl)n(CCC(F)(F)F)c2Cl)cc1. The van der Waals surface area contributed by atoms with Gasteiger partial charge in [0.25, 0.3) is 15.9 Å². The smallest absolute Gasteiger partial charge is 0.390 e. The Bertz CT molecular complexity index is 944. The molecule has 1 aromatic heterocycles. The zero-order chi connectivity index (χ0) is 20.4. The molecule has 1 heterocycles. The lowest BCUT2D eigenvalue weighted by atomic mass is 10.3. The molecule has 0 unspecified atom stereocenters. The lowest BCUT2D eigenvalue weighted by molar-refractivity contribution is -0.136. The highest BCUT2D eigenvalue weighted by atomic mass is 35.5. The third-order valence-corrected chi connectivity index (χ3v) is 5.31. The van der Waals surface area contributed by atoms with Crippen molar-refractivity contribution in [2.45, 2.75) is 24.0 Å². The van der Waals surface area contributed by atoms with Crippen LogP contribution in [0.25, 0.3) is 0 Å². The first-order valence-corrected chi connectivity index (χ1v) is 9.38. The maximum absolute atomic E-state index is 12.3. The molecule has 2 rings (SSSR count). The summed E-state index contributed by atoms with van der Waals surface area (Å²) in [6.07, 6.45) is -5.73. The monoisotopic (exact) mass is 445 g/mol. The second kappa shape index (κ2) is 7.95. The van der Waals surface area contributed by atoms with Crippen molar-refractivity contribution in [1.29, 1.82) is 0 Å². The second-order valence-corrected chi connectivity index (χ2v) is 7.53. The Kier molecular flexibility index (Phi) is 6.28. The minimum absolute atomic E-state index is 0.240. The number of carbonyl (C=O) groups is 1. The van der Waals surface area contributed by atoms with Gasteiger partial charge in [-0.15, -0.1) is 0 Å². The maximum Gasteiger partial charge on any atom is 0.390 e. The van der Waals surface area contributed by atoms with Gasteiger partial charge >= 0.3 is 6.18 Å². The number of ether oxygens (including phenoxy) is 1. The van der Waals surface area contributed by atoms with E-state index in [1.165, 1.54) is 31.4 Å². The van der Waals surface area contributed by atoms with Crippen molar-refractivity contribution in [3.8, 4) is 5.75 Å². The molecule has 0 aliphatic rings. The zero-order valence-electron chi connectivity index (χ0n) is 13.5. The predicted octanol–water partition coefficient (Wildman–Crippen LogP) is 3.27. The highest BCUT2D eigenvalue weighted by Gasteiger charge is 2.30. The van der Waals surface area contributed by atoms with E-state index >= 15 is 0 Å². The Labute approximate surface area is 162 Å². The van der Waals surface area contributed by atoms with E-state index in [1.54, 1.807) is 4.72 Å². The number of amides is 1. The third kappa shape index (κ3) is 5.27. The molecule has 0 atom stereocenters. The van der Waals surface area contributed by atoms with Crippen LogP contribution in [0.4, 0.5) is 13.2 Å². The maximum atomic E-state index is 12.3. The van der Waals surface area contributed by atoms with E-state index in [9.17, 15) is 26.4 Å². The summed E-state index contributed by atoms with van der Waals surface area (Å²) in [4.78, 5) is 15.5. The number of aromatic nitrogens is 2. The fourth-order valence-electron chi connectivity index (χ4n) is 1.97. The molecule has 1 N–H and O–H groups in total. The van der Waals surface area contributed by atoms with Crippen LogP contribution in [0.2, 0.25) is 10.4 Å². The van der Waals surface area contributed by atoms with Crippen LogP contribution in [0.15, 0.2) is 29.2 Å². The normalized spacial score (nSPS) is 12.1. The van der Waals surface area contributed by atoms with Gasteiger partial charge in [0.05, 0.1) is 18.4 Å². The molecule has 27 heavy (non-hydrogen) atoms. The third-order valence-electron chi connectivity index (χ3n) is 3.29. The molecule has 0 spiro atoms. The number of alkyl halides is 3. The van der Waals surface area contributed by atoms with Crippen molar-refractivity contribution in [2.24, 2.45) is 0 Å². The summed E-state index contributed by atoms with van der Waals surface area (Å²) in [5, 5.41) is -0.983. The van der Waals surface area contributed by atoms with Gasteiger partial charge in [0.2, 0.25) is 5.28 Å². The molecule has 0 saturated carbocycles.